The van der Waals surface area contributed by atoms with Crippen molar-refractivity contribution in [1.82, 2.24) is 4.90 Å². The molecule has 0 bridgehead atoms. The van der Waals surface area contributed by atoms with Gasteiger partial charge >= 0.3 is 0 Å². The molecule has 6 rings (SSSR count). The van der Waals surface area contributed by atoms with Crippen LogP contribution in [0.25, 0.3) is 10.8 Å². The molecule has 1 amide bonds. The number of amides is 1. The van der Waals surface area contributed by atoms with Crippen LogP contribution in [0.4, 0.5) is 10.1 Å². The summed E-state index contributed by atoms with van der Waals surface area (Å²) in [5.41, 5.74) is 2.18. The monoisotopic (exact) mass is 614 g/mol. The smallest absolute Gasteiger partial charge is 0.266 e. The zero-order valence-electron chi connectivity index (χ0n) is 23.1. The number of hydrogen-bond acceptors (Lipinski definition) is 4. The van der Waals surface area contributed by atoms with E-state index in [1.165, 1.54) is 46.8 Å². The number of carbonyl (C=O) groups is 1. The first-order valence-corrected chi connectivity index (χ1v) is 15.6. The number of nitrogens with zero attached hydrogens (tertiary/aromatic N) is 2. The summed E-state index contributed by atoms with van der Waals surface area (Å²) in [5.74, 6) is -0.809. The van der Waals surface area contributed by atoms with Crippen molar-refractivity contribution >= 4 is 44.0 Å². The van der Waals surface area contributed by atoms with E-state index in [2.05, 4.69) is 0 Å². The predicted octanol–water partition coefficient (Wildman–Crippen LogP) is 7.24. The van der Waals surface area contributed by atoms with Crippen LogP contribution in [0.15, 0.2) is 120 Å². The Morgan fingerprint density at radius 2 is 1.63 bits per heavy atom. The van der Waals surface area contributed by atoms with Gasteiger partial charge in [0.25, 0.3) is 15.9 Å². The van der Waals surface area contributed by atoms with Crippen molar-refractivity contribution < 1.29 is 22.3 Å². The Bertz CT molecular complexity index is 1880. The summed E-state index contributed by atoms with van der Waals surface area (Å²) >= 11 is 6.48. The maximum Gasteiger partial charge on any atom is 0.266 e. The Morgan fingerprint density at radius 1 is 0.907 bits per heavy atom. The molecule has 218 valence electrons. The number of fused-ring (bicyclic) bond motifs is 1. The number of sulfonamides is 1. The van der Waals surface area contributed by atoms with Gasteiger partial charge in [-0.25, -0.2) is 12.8 Å². The second-order valence-corrected chi connectivity index (χ2v) is 12.5. The molecule has 0 N–H and O–H groups in total. The molecule has 1 heterocycles. The number of benzene rings is 5. The zero-order valence-corrected chi connectivity index (χ0v) is 24.6. The maximum absolute atomic E-state index is 14.2. The average molecular weight is 615 g/mol. The maximum atomic E-state index is 14.2. The van der Waals surface area contributed by atoms with Gasteiger partial charge in [0.1, 0.15) is 16.8 Å². The molecular weight excluding hydrogens is 587 g/mol. The minimum Gasteiger partial charge on any atom is -0.370 e. The fourth-order valence-corrected chi connectivity index (χ4v) is 7.32. The minimum absolute atomic E-state index is 0.0144. The number of halogens is 2. The van der Waals surface area contributed by atoms with Crippen LogP contribution in [0.3, 0.4) is 0 Å². The average Bonchev–Trinajstić information content (AvgIpc) is 3.04. The molecular formula is C34H28ClFN2O4S. The lowest BCUT2D eigenvalue weighted by Gasteiger charge is -2.34. The van der Waals surface area contributed by atoms with Crippen molar-refractivity contribution in [3.8, 4) is 0 Å². The van der Waals surface area contributed by atoms with E-state index in [4.69, 9.17) is 16.3 Å². The summed E-state index contributed by atoms with van der Waals surface area (Å²) < 4.78 is 49.3. The highest BCUT2D eigenvalue weighted by atomic mass is 35.5. The highest BCUT2D eigenvalue weighted by molar-refractivity contribution is 7.93. The molecule has 1 saturated heterocycles. The van der Waals surface area contributed by atoms with Gasteiger partial charge < -0.3 is 9.64 Å². The van der Waals surface area contributed by atoms with E-state index in [9.17, 15) is 17.6 Å². The van der Waals surface area contributed by atoms with Crippen LogP contribution in [0, 0.1) is 5.82 Å². The molecule has 43 heavy (non-hydrogen) atoms. The van der Waals surface area contributed by atoms with Gasteiger partial charge in [-0.1, -0.05) is 84.4 Å². The van der Waals surface area contributed by atoms with Crippen LogP contribution >= 0.6 is 11.6 Å². The van der Waals surface area contributed by atoms with Gasteiger partial charge in [0, 0.05) is 12.1 Å². The molecule has 1 aliphatic rings. The van der Waals surface area contributed by atoms with E-state index in [1.54, 1.807) is 17.0 Å². The molecule has 0 saturated carbocycles. The van der Waals surface area contributed by atoms with Crippen molar-refractivity contribution in [2.45, 2.75) is 17.5 Å². The Morgan fingerprint density at radius 3 is 2.42 bits per heavy atom. The van der Waals surface area contributed by atoms with Crippen molar-refractivity contribution in [3.63, 3.8) is 0 Å². The zero-order chi connectivity index (χ0) is 30.0. The second-order valence-electron chi connectivity index (χ2n) is 10.3. The van der Waals surface area contributed by atoms with Gasteiger partial charge in [0.2, 0.25) is 0 Å². The molecule has 9 heteroatoms. The quantitative estimate of drug-likeness (QED) is 0.194. The molecule has 5 aromatic rings. The van der Waals surface area contributed by atoms with Crippen LogP contribution in [-0.4, -0.2) is 38.9 Å². The number of anilines is 1. The van der Waals surface area contributed by atoms with Crippen LogP contribution in [-0.2, 0) is 21.3 Å². The minimum atomic E-state index is -4.28. The number of hydrogen-bond donors (Lipinski definition) is 0. The van der Waals surface area contributed by atoms with E-state index in [-0.39, 0.29) is 39.7 Å². The van der Waals surface area contributed by atoms with Crippen molar-refractivity contribution in [1.29, 1.82) is 0 Å². The van der Waals surface area contributed by atoms with E-state index in [0.29, 0.717) is 19.7 Å². The number of carbonyl (C=O) groups excluding carboxylic acids is 1. The lowest BCUT2D eigenvalue weighted by molar-refractivity contribution is -0.0221. The number of morpholine rings is 1. The summed E-state index contributed by atoms with van der Waals surface area (Å²) in [6.07, 6.45) is -0.334. The largest absolute Gasteiger partial charge is 0.370 e. The molecule has 6 nitrogen and oxygen atoms in total. The standard InChI is InChI=1S/C34H28ClFN2O4S/c35-31-18-13-26(34(39)37-19-20-42-32(23-37)30-12-6-10-25-9-4-5-11-29(25)30)21-33(31)43(40,41)38(22-24-7-2-1-3-8-24)28-16-14-27(36)15-17-28/h1-18,21,32H,19-20,22-23H2. The van der Waals surface area contributed by atoms with E-state index >= 15 is 0 Å². The topological polar surface area (TPSA) is 66.9 Å². The van der Waals surface area contributed by atoms with E-state index in [0.717, 1.165) is 21.9 Å². The summed E-state index contributed by atoms with van der Waals surface area (Å²) in [6, 6.07) is 32.6. The third kappa shape index (κ3) is 5.99. The van der Waals surface area contributed by atoms with Crippen molar-refractivity contribution in [2.75, 3.05) is 24.0 Å². The first kappa shape index (κ1) is 28.9. The first-order valence-electron chi connectivity index (χ1n) is 13.8. The summed E-state index contributed by atoms with van der Waals surface area (Å²) in [6.45, 7) is 1.00. The highest BCUT2D eigenvalue weighted by Crippen LogP contribution is 2.33. The van der Waals surface area contributed by atoms with Crippen molar-refractivity contribution in [3.05, 3.63) is 143 Å². The third-order valence-electron chi connectivity index (χ3n) is 7.55. The molecule has 5 aromatic carbocycles. The van der Waals surface area contributed by atoms with Crippen LogP contribution < -0.4 is 4.31 Å². The lowest BCUT2D eigenvalue weighted by Crippen LogP contribution is -2.42. The molecule has 1 fully saturated rings. The number of rotatable bonds is 7. The third-order valence-corrected chi connectivity index (χ3v) is 9.81. The Labute approximate surface area is 254 Å². The van der Waals surface area contributed by atoms with Gasteiger partial charge in [0.05, 0.1) is 30.4 Å². The van der Waals surface area contributed by atoms with Crippen LogP contribution in [0.1, 0.15) is 27.6 Å². The first-order chi connectivity index (χ1) is 20.8. The molecule has 1 unspecified atom stereocenters. The lowest BCUT2D eigenvalue weighted by atomic mass is 9.99. The molecule has 0 radical (unpaired) electrons. The normalized spacial score (nSPS) is 15.4. The summed E-state index contributed by atoms with van der Waals surface area (Å²) in [7, 11) is -4.28. The molecule has 1 aliphatic heterocycles. The molecule has 0 spiro atoms. The second kappa shape index (κ2) is 12.2. The van der Waals surface area contributed by atoms with Crippen LogP contribution in [0.5, 0.6) is 0 Å². The molecule has 1 atom stereocenters. The number of ether oxygens (including phenoxy) is 1. The summed E-state index contributed by atoms with van der Waals surface area (Å²) in [4.78, 5) is 15.2. The molecule has 0 aliphatic carbocycles. The van der Waals surface area contributed by atoms with Gasteiger partial charge in [-0.05, 0) is 64.4 Å². The fraction of sp³-hybridized carbons (Fsp3) is 0.147. The van der Waals surface area contributed by atoms with E-state index < -0.39 is 15.8 Å². The Hall–Kier alpha value is -4.24. The highest BCUT2D eigenvalue weighted by Gasteiger charge is 2.31. The van der Waals surface area contributed by atoms with Gasteiger partial charge in [-0.2, -0.15) is 0 Å². The van der Waals surface area contributed by atoms with Gasteiger partial charge in [-0.3, -0.25) is 9.10 Å². The predicted molar refractivity (Wildman–Crippen MR) is 166 cm³/mol. The summed E-state index contributed by atoms with van der Waals surface area (Å²) in [5, 5.41) is 2.12. The van der Waals surface area contributed by atoms with Crippen LogP contribution in [0.2, 0.25) is 5.02 Å². The Kier molecular flexibility index (Phi) is 8.17. The molecule has 0 aromatic heterocycles. The van der Waals surface area contributed by atoms with Crippen molar-refractivity contribution in [2.24, 2.45) is 0 Å². The van der Waals surface area contributed by atoms with Gasteiger partial charge in [0.15, 0.2) is 0 Å². The SMILES string of the molecule is O=C(c1ccc(Cl)c(S(=O)(=O)N(Cc2ccccc2)c2ccc(F)cc2)c1)N1CCOC(c2cccc3ccccc23)C1. The fourth-order valence-electron chi connectivity index (χ4n) is 5.36. The van der Waals surface area contributed by atoms with Gasteiger partial charge in [-0.15, -0.1) is 0 Å². The Balaban J connectivity index is 1.32. The van der Waals surface area contributed by atoms with E-state index in [1.807, 2.05) is 60.7 Å².